The number of benzene rings is 2. The lowest BCUT2D eigenvalue weighted by molar-refractivity contribution is -0.157. The van der Waals surface area contributed by atoms with Crippen LogP contribution in [0.4, 0.5) is 0 Å². The summed E-state index contributed by atoms with van der Waals surface area (Å²) in [7, 11) is 0. The fraction of sp³-hybridized carbons (Fsp3) is 0.370. The molecular weight excluding hydrogens is 400 g/mol. The summed E-state index contributed by atoms with van der Waals surface area (Å²) < 4.78 is 5.31. The Balaban J connectivity index is 2.32. The van der Waals surface area contributed by atoms with Crippen molar-refractivity contribution in [2.75, 3.05) is 6.61 Å². The van der Waals surface area contributed by atoms with Crippen molar-refractivity contribution in [2.24, 2.45) is 5.92 Å². The molecule has 0 bridgehead atoms. The van der Waals surface area contributed by atoms with Gasteiger partial charge in [0.2, 0.25) is 5.91 Å². The molecule has 2 rings (SSSR count). The minimum atomic E-state index is -0.668. The van der Waals surface area contributed by atoms with Crippen LogP contribution in [0.25, 0.3) is 11.1 Å². The second-order valence-electron chi connectivity index (χ2n) is 8.09. The molecule has 0 spiro atoms. The summed E-state index contributed by atoms with van der Waals surface area (Å²) in [6.07, 6.45) is 3.59. The molecule has 32 heavy (non-hydrogen) atoms. The van der Waals surface area contributed by atoms with Crippen molar-refractivity contribution in [3.05, 3.63) is 72.3 Å². The van der Waals surface area contributed by atoms with Gasteiger partial charge in [0, 0.05) is 13.0 Å². The second kappa shape index (κ2) is 12.5. The molecule has 2 aromatic carbocycles. The molecule has 0 N–H and O–H groups in total. The third kappa shape index (κ3) is 6.55. The molecular formula is C27H32N2O3. The molecule has 0 saturated heterocycles. The van der Waals surface area contributed by atoms with Crippen molar-refractivity contribution >= 4 is 11.9 Å². The summed E-state index contributed by atoms with van der Waals surface area (Å²) in [5, 5.41) is 9.37. The van der Waals surface area contributed by atoms with Gasteiger partial charge in [0.05, 0.1) is 11.6 Å². The van der Waals surface area contributed by atoms with Crippen LogP contribution in [0.15, 0.2) is 61.2 Å². The highest BCUT2D eigenvalue weighted by atomic mass is 16.5. The Bertz CT molecular complexity index is 958. The number of esters is 1. The van der Waals surface area contributed by atoms with Gasteiger partial charge in [-0.3, -0.25) is 4.79 Å². The minimum absolute atomic E-state index is 0.0556. The molecule has 0 saturated carbocycles. The number of rotatable bonds is 11. The fourth-order valence-corrected chi connectivity index (χ4v) is 3.62. The number of hydrogen-bond acceptors (Lipinski definition) is 4. The average Bonchev–Trinajstić information content (AvgIpc) is 2.80. The van der Waals surface area contributed by atoms with Crippen LogP contribution in [0.3, 0.4) is 0 Å². The Labute approximate surface area is 191 Å². The Morgan fingerprint density at radius 1 is 1.16 bits per heavy atom. The minimum Gasteiger partial charge on any atom is -0.460 e. The number of unbranched alkanes of at least 4 members (excludes halogenated alkanes) is 1. The quantitative estimate of drug-likeness (QED) is 0.347. The molecule has 168 valence electrons. The number of ether oxygens (including phenoxy) is 1. The van der Waals surface area contributed by atoms with E-state index in [9.17, 15) is 14.9 Å². The van der Waals surface area contributed by atoms with Crippen molar-refractivity contribution in [1.29, 1.82) is 5.26 Å². The number of nitriles is 1. The second-order valence-corrected chi connectivity index (χ2v) is 8.09. The van der Waals surface area contributed by atoms with E-state index in [1.165, 1.54) is 6.08 Å². The molecule has 0 unspecified atom stereocenters. The first-order valence-electron chi connectivity index (χ1n) is 11.1. The zero-order chi connectivity index (χ0) is 23.5. The van der Waals surface area contributed by atoms with E-state index in [0.717, 1.165) is 29.5 Å². The summed E-state index contributed by atoms with van der Waals surface area (Å²) in [6.45, 7) is 9.90. The summed E-state index contributed by atoms with van der Waals surface area (Å²) in [4.78, 5) is 27.5. The predicted molar refractivity (Wildman–Crippen MR) is 126 cm³/mol. The highest BCUT2D eigenvalue weighted by Gasteiger charge is 2.33. The van der Waals surface area contributed by atoms with Gasteiger partial charge >= 0.3 is 5.97 Å². The highest BCUT2D eigenvalue weighted by molar-refractivity contribution is 5.85. The third-order valence-corrected chi connectivity index (χ3v) is 5.28. The van der Waals surface area contributed by atoms with Gasteiger partial charge in [-0.05, 0) is 35.1 Å². The van der Waals surface area contributed by atoms with Crippen LogP contribution >= 0.6 is 0 Å². The number of amides is 1. The largest absolute Gasteiger partial charge is 0.460 e. The van der Waals surface area contributed by atoms with E-state index in [0.29, 0.717) is 18.5 Å². The van der Waals surface area contributed by atoms with Gasteiger partial charge in [0.25, 0.3) is 0 Å². The third-order valence-electron chi connectivity index (χ3n) is 5.28. The van der Waals surface area contributed by atoms with Crippen LogP contribution in [0.1, 0.15) is 51.2 Å². The Hall–Kier alpha value is -3.39. The van der Waals surface area contributed by atoms with E-state index in [1.807, 2.05) is 63.2 Å². The SMILES string of the molecule is C=CCOC(=O)[C@H](C(C)C)N(Cc1ccc(-c2ccccc2C#N)cc1)C(=O)CCCC. The van der Waals surface area contributed by atoms with E-state index < -0.39 is 12.0 Å². The molecule has 0 aliphatic heterocycles. The molecule has 0 aliphatic carbocycles. The maximum Gasteiger partial charge on any atom is 0.329 e. The molecule has 0 aromatic heterocycles. The zero-order valence-corrected chi connectivity index (χ0v) is 19.2. The Kier molecular flexibility index (Phi) is 9.69. The molecule has 1 atom stereocenters. The van der Waals surface area contributed by atoms with Crippen molar-refractivity contribution in [1.82, 2.24) is 4.90 Å². The van der Waals surface area contributed by atoms with Crippen molar-refractivity contribution in [2.45, 2.75) is 52.6 Å². The van der Waals surface area contributed by atoms with Crippen LogP contribution in [-0.4, -0.2) is 29.4 Å². The Morgan fingerprint density at radius 3 is 2.44 bits per heavy atom. The van der Waals surface area contributed by atoms with Crippen LogP contribution in [0, 0.1) is 17.2 Å². The van der Waals surface area contributed by atoms with E-state index in [4.69, 9.17) is 4.74 Å². The molecule has 5 nitrogen and oxygen atoms in total. The van der Waals surface area contributed by atoms with Crippen LogP contribution in [0.5, 0.6) is 0 Å². The summed E-state index contributed by atoms with van der Waals surface area (Å²) in [5.41, 5.74) is 3.32. The standard InChI is InChI=1S/C27H32N2O3/c1-5-7-12-25(30)29(26(20(3)4)27(31)32-17-6-2)19-21-13-15-22(16-14-21)24-11-9-8-10-23(24)18-28/h6,8-11,13-16,20,26H,2,5,7,12,17,19H2,1,3-4H3/t26-/m0/s1. The van der Waals surface area contributed by atoms with Crippen molar-refractivity contribution < 1.29 is 14.3 Å². The summed E-state index contributed by atoms with van der Waals surface area (Å²) in [6, 6.07) is 16.8. The van der Waals surface area contributed by atoms with Crippen molar-refractivity contribution in [3.63, 3.8) is 0 Å². The van der Waals surface area contributed by atoms with Crippen LogP contribution < -0.4 is 0 Å². The van der Waals surface area contributed by atoms with Gasteiger partial charge in [-0.15, -0.1) is 0 Å². The monoisotopic (exact) mass is 432 g/mol. The van der Waals surface area contributed by atoms with Gasteiger partial charge in [-0.2, -0.15) is 5.26 Å². The molecule has 0 heterocycles. The summed E-state index contributed by atoms with van der Waals surface area (Å²) >= 11 is 0. The zero-order valence-electron chi connectivity index (χ0n) is 19.2. The Morgan fingerprint density at radius 2 is 1.84 bits per heavy atom. The molecule has 5 heteroatoms. The first-order valence-corrected chi connectivity index (χ1v) is 11.1. The smallest absolute Gasteiger partial charge is 0.329 e. The lowest BCUT2D eigenvalue weighted by atomic mass is 9.98. The average molecular weight is 433 g/mol. The summed E-state index contributed by atoms with van der Waals surface area (Å²) in [5.74, 6) is -0.566. The lowest BCUT2D eigenvalue weighted by Gasteiger charge is -2.33. The van der Waals surface area contributed by atoms with Crippen molar-refractivity contribution in [3.8, 4) is 17.2 Å². The highest BCUT2D eigenvalue weighted by Crippen LogP contribution is 2.25. The lowest BCUT2D eigenvalue weighted by Crippen LogP contribution is -2.48. The molecule has 0 aliphatic rings. The predicted octanol–water partition coefficient (Wildman–Crippen LogP) is 5.50. The fourth-order valence-electron chi connectivity index (χ4n) is 3.62. The first-order chi connectivity index (χ1) is 15.4. The molecule has 0 radical (unpaired) electrons. The van der Waals surface area contributed by atoms with Crippen LogP contribution in [-0.2, 0) is 20.9 Å². The van der Waals surface area contributed by atoms with Gasteiger partial charge in [-0.1, -0.05) is 82.3 Å². The van der Waals surface area contributed by atoms with E-state index in [1.54, 1.807) is 11.0 Å². The first kappa shape index (κ1) is 24.9. The molecule has 1 amide bonds. The number of nitrogens with zero attached hydrogens (tertiary/aromatic N) is 2. The molecule has 0 fully saturated rings. The molecule has 2 aromatic rings. The normalized spacial score (nSPS) is 11.5. The number of hydrogen-bond donors (Lipinski definition) is 0. The topological polar surface area (TPSA) is 70.4 Å². The van der Waals surface area contributed by atoms with Gasteiger partial charge in [-0.25, -0.2) is 4.79 Å². The maximum atomic E-state index is 13.1. The van der Waals surface area contributed by atoms with Gasteiger partial charge in [0.1, 0.15) is 12.6 Å². The maximum absolute atomic E-state index is 13.1. The number of carbonyl (C=O) groups excluding carboxylic acids is 2. The van der Waals surface area contributed by atoms with Gasteiger partial charge in [0.15, 0.2) is 0 Å². The van der Waals surface area contributed by atoms with Gasteiger partial charge < -0.3 is 9.64 Å². The van der Waals surface area contributed by atoms with E-state index >= 15 is 0 Å². The van der Waals surface area contributed by atoms with E-state index in [-0.39, 0.29) is 18.4 Å². The van der Waals surface area contributed by atoms with Crippen LogP contribution in [0.2, 0.25) is 0 Å². The number of carbonyl (C=O) groups is 2. The van der Waals surface area contributed by atoms with E-state index in [2.05, 4.69) is 12.6 Å².